The SMILES string of the molecule is [O-][O+]1CCN(S)[C@@H](c2ccccc2)[C@H]1c1ccccc1. The van der Waals surface area contributed by atoms with Gasteiger partial charge in [-0.25, -0.2) is 4.31 Å². The Balaban J connectivity index is 2.02. The molecule has 3 rings (SSSR count). The molecule has 0 radical (unpaired) electrons. The molecule has 0 N–H and O–H groups in total. The van der Waals surface area contributed by atoms with Gasteiger partial charge in [0.2, 0.25) is 6.10 Å². The van der Waals surface area contributed by atoms with E-state index < -0.39 is 0 Å². The third kappa shape index (κ3) is 2.60. The quantitative estimate of drug-likeness (QED) is 0.522. The molecular weight excluding hydrogens is 270 g/mol. The first-order valence-corrected chi connectivity index (χ1v) is 7.10. The maximum atomic E-state index is 12.3. The maximum Gasteiger partial charge on any atom is 0.208 e. The van der Waals surface area contributed by atoms with Crippen molar-refractivity contribution in [3.63, 3.8) is 0 Å². The van der Waals surface area contributed by atoms with E-state index in [1.165, 1.54) is 0 Å². The molecule has 0 aromatic heterocycles. The van der Waals surface area contributed by atoms with Crippen LogP contribution in [0.1, 0.15) is 23.3 Å². The average Bonchev–Trinajstić information content (AvgIpc) is 2.51. The van der Waals surface area contributed by atoms with E-state index in [9.17, 15) is 5.26 Å². The second kappa shape index (κ2) is 5.97. The van der Waals surface area contributed by atoms with Crippen molar-refractivity contribution in [1.82, 2.24) is 4.31 Å². The largest absolute Gasteiger partial charge is 0.534 e. The molecule has 104 valence electrons. The second-order valence-corrected chi connectivity index (χ2v) is 5.45. The Morgan fingerprint density at radius 3 is 2.10 bits per heavy atom. The average molecular weight is 287 g/mol. The highest BCUT2D eigenvalue weighted by molar-refractivity contribution is 7.77. The minimum Gasteiger partial charge on any atom is -0.534 e. The smallest absolute Gasteiger partial charge is 0.208 e. The van der Waals surface area contributed by atoms with Gasteiger partial charge in [0.25, 0.3) is 0 Å². The van der Waals surface area contributed by atoms with Gasteiger partial charge >= 0.3 is 0 Å². The lowest BCUT2D eigenvalue weighted by Crippen LogP contribution is -2.46. The van der Waals surface area contributed by atoms with Crippen LogP contribution in [0.2, 0.25) is 0 Å². The summed E-state index contributed by atoms with van der Waals surface area (Å²) < 4.78 is 4.01. The molecule has 1 aliphatic rings. The number of nitrogens with zero attached hydrogens (tertiary/aromatic N) is 1. The van der Waals surface area contributed by atoms with Gasteiger partial charge in [0.15, 0.2) is 6.61 Å². The third-order valence-corrected chi connectivity index (χ3v) is 4.13. The number of morpholine rings is 1. The molecule has 0 aliphatic carbocycles. The zero-order valence-corrected chi connectivity index (χ0v) is 11.9. The van der Waals surface area contributed by atoms with Crippen molar-refractivity contribution in [2.24, 2.45) is 0 Å². The molecule has 1 fully saturated rings. The van der Waals surface area contributed by atoms with Crippen LogP contribution in [0.4, 0.5) is 0 Å². The second-order valence-electron chi connectivity index (χ2n) is 4.93. The molecule has 1 saturated heterocycles. The van der Waals surface area contributed by atoms with Crippen molar-refractivity contribution in [1.29, 1.82) is 0 Å². The van der Waals surface area contributed by atoms with Gasteiger partial charge in [-0.1, -0.05) is 73.5 Å². The summed E-state index contributed by atoms with van der Waals surface area (Å²) in [6, 6.07) is 19.9. The predicted octanol–water partition coefficient (Wildman–Crippen LogP) is 2.46. The van der Waals surface area contributed by atoms with Gasteiger partial charge in [-0.3, -0.25) is 0 Å². The maximum absolute atomic E-state index is 12.3. The molecule has 2 aromatic rings. The fourth-order valence-corrected chi connectivity index (χ4v) is 3.06. The predicted molar refractivity (Wildman–Crippen MR) is 80.0 cm³/mol. The molecule has 0 spiro atoms. The summed E-state index contributed by atoms with van der Waals surface area (Å²) in [6.07, 6.45) is -0.301. The zero-order valence-electron chi connectivity index (χ0n) is 11.1. The van der Waals surface area contributed by atoms with E-state index in [-0.39, 0.29) is 12.1 Å². The van der Waals surface area contributed by atoms with E-state index in [4.69, 9.17) is 0 Å². The first-order valence-electron chi connectivity index (χ1n) is 6.70. The molecule has 2 aromatic carbocycles. The minimum absolute atomic E-state index is 0.0711. The Morgan fingerprint density at radius 1 is 0.950 bits per heavy atom. The van der Waals surface area contributed by atoms with Crippen LogP contribution in [-0.2, 0) is 4.52 Å². The van der Waals surface area contributed by atoms with Crippen molar-refractivity contribution < 1.29 is 9.78 Å². The van der Waals surface area contributed by atoms with Crippen molar-refractivity contribution in [2.45, 2.75) is 12.1 Å². The zero-order chi connectivity index (χ0) is 13.9. The number of rotatable bonds is 2. The first-order chi connectivity index (χ1) is 9.77. The van der Waals surface area contributed by atoms with Gasteiger partial charge in [0, 0.05) is 5.56 Å². The molecular formula is C16H17NO2S. The van der Waals surface area contributed by atoms with Crippen molar-refractivity contribution in [3.8, 4) is 0 Å². The summed E-state index contributed by atoms with van der Waals surface area (Å²) in [5, 5.41) is 12.3. The van der Waals surface area contributed by atoms with Crippen LogP contribution in [0.3, 0.4) is 0 Å². The molecule has 0 bridgehead atoms. The van der Waals surface area contributed by atoms with Crippen LogP contribution in [-0.4, -0.2) is 17.5 Å². The summed E-state index contributed by atoms with van der Waals surface area (Å²) >= 11 is 4.57. The molecule has 4 heteroatoms. The van der Waals surface area contributed by atoms with E-state index in [1.54, 1.807) is 0 Å². The molecule has 1 aliphatic heterocycles. The van der Waals surface area contributed by atoms with Crippen molar-refractivity contribution in [3.05, 3.63) is 71.8 Å². The van der Waals surface area contributed by atoms with Crippen LogP contribution in [0.15, 0.2) is 60.7 Å². The summed E-state index contributed by atoms with van der Waals surface area (Å²) in [6.45, 7) is 1.02. The molecule has 0 amide bonds. The number of hydrogen-bond acceptors (Lipinski definition) is 3. The lowest BCUT2D eigenvalue weighted by Gasteiger charge is -2.43. The number of benzene rings is 2. The highest BCUT2D eigenvalue weighted by atomic mass is 32.1. The Kier molecular flexibility index (Phi) is 4.08. The first kappa shape index (κ1) is 13.6. The fourth-order valence-electron chi connectivity index (χ4n) is 2.72. The van der Waals surface area contributed by atoms with Crippen LogP contribution in [0, 0.1) is 0 Å². The minimum atomic E-state index is -0.301. The molecule has 0 saturated carbocycles. The normalized spacial score (nSPS) is 24.7. The Labute approximate surface area is 124 Å². The Bertz CT molecular complexity index is 497. The molecule has 1 heterocycles. The molecule has 2 atom stereocenters. The number of thiol groups is 1. The lowest BCUT2D eigenvalue weighted by atomic mass is 9.94. The van der Waals surface area contributed by atoms with Crippen LogP contribution in [0.5, 0.6) is 0 Å². The lowest BCUT2D eigenvalue weighted by molar-refractivity contribution is -0.816. The summed E-state index contributed by atoms with van der Waals surface area (Å²) in [5.74, 6) is 0. The van der Waals surface area contributed by atoms with Gasteiger partial charge in [0.05, 0.1) is 6.54 Å². The monoisotopic (exact) mass is 287 g/mol. The van der Waals surface area contributed by atoms with E-state index >= 15 is 0 Å². The number of hydrogen-bond donors (Lipinski definition) is 1. The van der Waals surface area contributed by atoms with Crippen molar-refractivity contribution in [2.75, 3.05) is 13.2 Å². The standard InChI is InChI=1S/C16H17NO2S/c18-19-12-11-17(20)15(13-7-3-1-4-8-13)16(19)14-9-5-2-6-10-14/h1-10,15-16,20H,11-12H2/t15-,16+/m0/s1. The molecule has 0 unspecified atom stereocenters. The topological polar surface area (TPSA) is 29.0 Å². The van der Waals surface area contributed by atoms with Crippen LogP contribution >= 0.6 is 12.8 Å². The highest BCUT2D eigenvalue weighted by Gasteiger charge is 2.40. The molecule has 3 nitrogen and oxygen atoms in total. The van der Waals surface area contributed by atoms with Gasteiger partial charge < -0.3 is 9.78 Å². The van der Waals surface area contributed by atoms with Gasteiger partial charge in [-0.2, -0.15) is 0 Å². The van der Waals surface area contributed by atoms with E-state index in [0.717, 1.165) is 11.1 Å². The van der Waals surface area contributed by atoms with Crippen molar-refractivity contribution >= 4 is 12.8 Å². The third-order valence-electron chi connectivity index (χ3n) is 3.68. The van der Waals surface area contributed by atoms with Crippen LogP contribution < -0.4 is 5.26 Å². The summed E-state index contributed by atoms with van der Waals surface area (Å²) in [7, 11) is 0. The van der Waals surface area contributed by atoms with E-state index in [0.29, 0.717) is 13.2 Å². The van der Waals surface area contributed by atoms with E-state index in [2.05, 4.69) is 17.3 Å². The highest BCUT2D eigenvalue weighted by Crippen LogP contribution is 2.42. The van der Waals surface area contributed by atoms with Crippen LogP contribution in [0.25, 0.3) is 0 Å². The Hall–Kier alpha value is -1.33. The Morgan fingerprint density at radius 2 is 1.50 bits per heavy atom. The summed E-state index contributed by atoms with van der Waals surface area (Å²) in [4.78, 5) is 0. The van der Waals surface area contributed by atoms with Gasteiger partial charge in [-0.05, 0) is 5.56 Å². The van der Waals surface area contributed by atoms with Gasteiger partial charge in [0.1, 0.15) is 6.04 Å². The molecule has 20 heavy (non-hydrogen) atoms. The van der Waals surface area contributed by atoms with Gasteiger partial charge in [-0.15, -0.1) is 0 Å². The summed E-state index contributed by atoms with van der Waals surface area (Å²) in [5.41, 5.74) is 2.10. The fraction of sp³-hybridized carbons (Fsp3) is 0.250. The van der Waals surface area contributed by atoms with E-state index in [1.807, 2.05) is 65.0 Å².